The maximum absolute atomic E-state index is 12.6. The summed E-state index contributed by atoms with van der Waals surface area (Å²) in [6.45, 7) is 1.48. The van der Waals surface area contributed by atoms with Crippen molar-refractivity contribution in [2.45, 2.75) is 11.3 Å². The number of ether oxygens (including phenoxy) is 1. The SMILES string of the molecule is COCC1CCN(S(=O)(=O)c2ccc(C(N)=S)cc2Cl)C1. The third kappa shape index (κ3) is 3.54. The predicted octanol–water partition coefficient (Wildman–Crippen LogP) is 1.63. The van der Waals surface area contributed by atoms with Crippen molar-refractivity contribution in [2.24, 2.45) is 11.7 Å². The highest BCUT2D eigenvalue weighted by atomic mass is 35.5. The summed E-state index contributed by atoms with van der Waals surface area (Å²) in [7, 11) is -1.99. The van der Waals surface area contributed by atoms with Crippen LogP contribution in [0, 0.1) is 5.92 Å². The average molecular weight is 349 g/mol. The second kappa shape index (κ2) is 6.58. The van der Waals surface area contributed by atoms with Gasteiger partial charge in [0.25, 0.3) is 0 Å². The number of hydrogen-bond acceptors (Lipinski definition) is 4. The first-order chi connectivity index (χ1) is 9.86. The normalized spacial score (nSPS) is 19.8. The molecule has 1 aliphatic rings. The van der Waals surface area contributed by atoms with E-state index in [9.17, 15) is 8.42 Å². The van der Waals surface area contributed by atoms with Crippen molar-refractivity contribution in [3.05, 3.63) is 28.8 Å². The van der Waals surface area contributed by atoms with Crippen molar-refractivity contribution < 1.29 is 13.2 Å². The van der Waals surface area contributed by atoms with E-state index in [1.54, 1.807) is 13.2 Å². The minimum Gasteiger partial charge on any atom is -0.389 e. The third-order valence-electron chi connectivity index (χ3n) is 3.49. The van der Waals surface area contributed by atoms with Crippen molar-refractivity contribution in [3.63, 3.8) is 0 Å². The molecule has 1 saturated heterocycles. The topological polar surface area (TPSA) is 72.6 Å². The lowest BCUT2D eigenvalue weighted by Crippen LogP contribution is -2.29. The summed E-state index contributed by atoms with van der Waals surface area (Å²) in [6, 6.07) is 4.51. The molecule has 0 aromatic heterocycles. The highest BCUT2D eigenvalue weighted by molar-refractivity contribution is 7.89. The number of hydrogen-bond donors (Lipinski definition) is 1. The van der Waals surface area contributed by atoms with Crippen LogP contribution in [0.15, 0.2) is 23.1 Å². The number of methoxy groups -OCH3 is 1. The van der Waals surface area contributed by atoms with Gasteiger partial charge < -0.3 is 10.5 Å². The first-order valence-corrected chi connectivity index (χ1v) is 8.67. The largest absolute Gasteiger partial charge is 0.389 e. The van der Waals surface area contributed by atoms with Crippen molar-refractivity contribution in [2.75, 3.05) is 26.8 Å². The first kappa shape index (κ1) is 16.6. The number of rotatable bonds is 5. The molecule has 1 aliphatic heterocycles. The van der Waals surface area contributed by atoms with E-state index >= 15 is 0 Å². The zero-order chi connectivity index (χ0) is 15.6. The molecule has 1 aromatic carbocycles. The predicted molar refractivity (Wildman–Crippen MR) is 86.1 cm³/mol. The highest BCUT2D eigenvalue weighted by Crippen LogP contribution is 2.29. The lowest BCUT2D eigenvalue weighted by molar-refractivity contribution is 0.157. The van der Waals surface area contributed by atoms with Gasteiger partial charge in [0.05, 0.1) is 11.6 Å². The number of benzene rings is 1. The fourth-order valence-electron chi connectivity index (χ4n) is 2.39. The van der Waals surface area contributed by atoms with Gasteiger partial charge in [-0.15, -0.1) is 0 Å². The van der Waals surface area contributed by atoms with Gasteiger partial charge in [0, 0.05) is 25.8 Å². The van der Waals surface area contributed by atoms with Gasteiger partial charge in [-0.05, 0) is 24.5 Å². The molecule has 2 rings (SSSR count). The quantitative estimate of drug-likeness (QED) is 0.819. The maximum Gasteiger partial charge on any atom is 0.244 e. The van der Waals surface area contributed by atoms with Gasteiger partial charge in [-0.1, -0.05) is 29.9 Å². The Morgan fingerprint density at radius 2 is 2.29 bits per heavy atom. The molecule has 5 nitrogen and oxygen atoms in total. The molecule has 1 fully saturated rings. The van der Waals surface area contributed by atoms with Crippen LogP contribution in [0.4, 0.5) is 0 Å². The molecule has 0 radical (unpaired) electrons. The van der Waals surface area contributed by atoms with Crippen LogP contribution < -0.4 is 5.73 Å². The molecule has 0 spiro atoms. The molecular weight excluding hydrogens is 332 g/mol. The van der Waals surface area contributed by atoms with E-state index in [0.29, 0.717) is 25.3 Å². The van der Waals surface area contributed by atoms with Gasteiger partial charge in [-0.3, -0.25) is 0 Å². The van der Waals surface area contributed by atoms with Crippen molar-refractivity contribution >= 4 is 38.8 Å². The zero-order valence-corrected chi connectivity index (χ0v) is 14.0. The first-order valence-electron chi connectivity index (χ1n) is 6.44. The molecule has 116 valence electrons. The van der Waals surface area contributed by atoms with Crippen LogP contribution in [0.5, 0.6) is 0 Å². The molecule has 8 heteroatoms. The van der Waals surface area contributed by atoms with Crippen LogP contribution >= 0.6 is 23.8 Å². The van der Waals surface area contributed by atoms with Crippen LogP contribution in [0.1, 0.15) is 12.0 Å². The van der Waals surface area contributed by atoms with Crippen molar-refractivity contribution in [3.8, 4) is 0 Å². The molecular formula is C13H17ClN2O3S2. The standard InChI is InChI=1S/C13H17ClN2O3S2/c1-19-8-9-4-5-16(7-9)21(17,18)12-3-2-10(13(15)20)6-11(12)14/h2-3,6,9H,4-5,7-8H2,1H3,(H2,15,20). The minimum absolute atomic E-state index is 0.0854. The molecule has 0 bridgehead atoms. The second-order valence-corrected chi connectivity index (χ2v) is 7.74. The molecule has 0 aliphatic carbocycles. The van der Waals surface area contributed by atoms with E-state index in [2.05, 4.69) is 0 Å². The van der Waals surface area contributed by atoms with Gasteiger partial charge in [0.15, 0.2) is 0 Å². The van der Waals surface area contributed by atoms with Crippen molar-refractivity contribution in [1.29, 1.82) is 0 Å². The Morgan fingerprint density at radius 1 is 1.57 bits per heavy atom. The molecule has 2 N–H and O–H groups in total. The van der Waals surface area contributed by atoms with Crippen LogP contribution in [0.2, 0.25) is 5.02 Å². The Hall–Kier alpha value is -0.730. The smallest absolute Gasteiger partial charge is 0.244 e. The van der Waals surface area contributed by atoms with Gasteiger partial charge in [-0.2, -0.15) is 4.31 Å². The molecule has 1 aromatic rings. The number of halogens is 1. The molecule has 0 amide bonds. The summed E-state index contributed by atoms with van der Waals surface area (Å²) in [4.78, 5) is 0.268. The van der Waals surface area contributed by atoms with Gasteiger partial charge >= 0.3 is 0 Å². The molecule has 21 heavy (non-hydrogen) atoms. The van der Waals surface area contributed by atoms with E-state index in [4.69, 9.17) is 34.3 Å². The highest BCUT2D eigenvalue weighted by Gasteiger charge is 2.33. The van der Waals surface area contributed by atoms with Crippen molar-refractivity contribution in [1.82, 2.24) is 4.31 Å². The number of nitrogens with two attached hydrogens (primary N) is 1. The molecule has 1 unspecified atom stereocenters. The van der Waals surface area contributed by atoms with E-state index in [-0.39, 0.29) is 20.8 Å². The monoisotopic (exact) mass is 348 g/mol. The van der Waals surface area contributed by atoms with Crippen LogP contribution in [-0.4, -0.2) is 44.5 Å². The zero-order valence-electron chi connectivity index (χ0n) is 11.6. The van der Waals surface area contributed by atoms with E-state index in [0.717, 1.165) is 6.42 Å². The van der Waals surface area contributed by atoms with Gasteiger partial charge in [0.1, 0.15) is 9.88 Å². The number of nitrogens with zero attached hydrogens (tertiary/aromatic N) is 1. The lowest BCUT2D eigenvalue weighted by Gasteiger charge is -2.17. The summed E-state index contributed by atoms with van der Waals surface area (Å²) >= 11 is 10.9. The Labute approximate surface area is 135 Å². The number of thiocarbonyl (C=S) groups is 1. The molecule has 1 heterocycles. The Kier molecular flexibility index (Phi) is 5.21. The van der Waals surface area contributed by atoms with E-state index < -0.39 is 10.0 Å². The lowest BCUT2D eigenvalue weighted by atomic mass is 10.1. The summed E-state index contributed by atoms with van der Waals surface area (Å²) in [6.07, 6.45) is 0.787. The van der Waals surface area contributed by atoms with E-state index in [1.807, 2.05) is 0 Å². The maximum atomic E-state index is 12.6. The Balaban J connectivity index is 2.26. The average Bonchev–Trinajstić information content (AvgIpc) is 2.88. The van der Waals surface area contributed by atoms with Crippen LogP contribution in [0.3, 0.4) is 0 Å². The van der Waals surface area contributed by atoms with Gasteiger partial charge in [-0.25, -0.2) is 8.42 Å². The van der Waals surface area contributed by atoms with Gasteiger partial charge in [0.2, 0.25) is 10.0 Å². The summed E-state index contributed by atoms with van der Waals surface area (Å²) in [5.41, 5.74) is 6.06. The fraction of sp³-hybridized carbons (Fsp3) is 0.462. The second-order valence-electron chi connectivity index (χ2n) is 4.98. The number of sulfonamides is 1. The van der Waals surface area contributed by atoms with E-state index in [1.165, 1.54) is 16.4 Å². The summed E-state index contributed by atoms with van der Waals surface area (Å²) < 4.78 is 31.8. The Morgan fingerprint density at radius 3 is 2.86 bits per heavy atom. The third-order valence-corrected chi connectivity index (χ3v) is 6.07. The van der Waals surface area contributed by atoms with Crippen LogP contribution in [-0.2, 0) is 14.8 Å². The fourth-order valence-corrected chi connectivity index (χ4v) is 4.57. The molecule has 1 atom stereocenters. The van der Waals surface area contributed by atoms with Crippen LogP contribution in [0.25, 0.3) is 0 Å². The minimum atomic E-state index is -3.60. The summed E-state index contributed by atoms with van der Waals surface area (Å²) in [5, 5.41) is 0.135. The molecule has 0 saturated carbocycles. The summed E-state index contributed by atoms with van der Waals surface area (Å²) in [5.74, 6) is 0.222. The Bertz CT molecular complexity index is 649.